The van der Waals surface area contributed by atoms with E-state index in [1.54, 1.807) is 29.8 Å². The summed E-state index contributed by atoms with van der Waals surface area (Å²) in [4.78, 5) is 16.9. The van der Waals surface area contributed by atoms with Crippen molar-refractivity contribution in [3.8, 4) is 5.69 Å². The highest BCUT2D eigenvalue weighted by Gasteiger charge is 2.31. The minimum Gasteiger partial charge on any atom is -0.319 e. The summed E-state index contributed by atoms with van der Waals surface area (Å²) in [5.74, 6) is -0.0450. The number of aryl methyl sites for hydroxylation is 1. The van der Waals surface area contributed by atoms with Crippen LogP contribution in [0.4, 0.5) is 5.69 Å². The van der Waals surface area contributed by atoms with Crippen LogP contribution in [0.25, 0.3) is 5.69 Å². The van der Waals surface area contributed by atoms with Gasteiger partial charge in [0.25, 0.3) is 5.91 Å². The predicted octanol–water partition coefficient (Wildman–Crippen LogP) is 1.69. The first-order valence-electron chi connectivity index (χ1n) is 8.87. The number of aromatic nitrogens is 5. The van der Waals surface area contributed by atoms with Gasteiger partial charge in [0.1, 0.15) is 12.7 Å². The molecule has 1 aliphatic heterocycles. The second kappa shape index (κ2) is 6.86. The molecule has 9 nitrogen and oxygen atoms in total. The summed E-state index contributed by atoms with van der Waals surface area (Å²) in [6.45, 7) is 3.63. The number of nitrogens with zero attached hydrogens (tertiary/aromatic N) is 5. The van der Waals surface area contributed by atoms with Gasteiger partial charge in [-0.2, -0.15) is 10.2 Å². The maximum Gasteiger partial charge on any atom is 0.257 e. The number of carbonyl (C=O) groups is 1. The fourth-order valence-corrected chi connectivity index (χ4v) is 5.24. The monoisotopic (exact) mass is 400 g/mol. The van der Waals surface area contributed by atoms with Crippen LogP contribution in [0.5, 0.6) is 0 Å². The van der Waals surface area contributed by atoms with Crippen molar-refractivity contribution in [2.75, 3.05) is 16.8 Å². The van der Waals surface area contributed by atoms with Crippen molar-refractivity contribution in [3.05, 3.63) is 53.9 Å². The van der Waals surface area contributed by atoms with Crippen LogP contribution in [-0.2, 0) is 9.84 Å². The molecule has 0 spiro atoms. The van der Waals surface area contributed by atoms with Gasteiger partial charge in [0, 0.05) is 0 Å². The van der Waals surface area contributed by atoms with E-state index < -0.39 is 9.84 Å². The minimum absolute atomic E-state index is 0.0808. The molecule has 1 N–H and O–H groups in total. The van der Waals surface area contributed by atoms with Gasteiger partial charge in [-0.25, -0.2) is 18.1 Å². The molecule has 0 bridgehead atoms. The Morgan fingerprint density at radius 1 is 1.25 bits per heavy atom. The van der Waals surface area contributed by atoms with Crippen molar-refractivity contribution in [1.29, 1.82) is 0 Å². The molecule has 4 rings (SSSR count). The summed E-state index contributed by atoms with van der Waals surface area (Å²) in [5, 5.41) is 11.5. The average molecular weight is 400 g/mol. The quantitative estimate of drug-likeness (QED) is 0.713. The van der Waals surface area contributed by atoms with Gasteiger partial charge in [-0.05, 0) is 32.4 Å². The molecule has 0 saturated carbocycles. The first-order valence-corrected chi connectivity index (χ1v) is 10.7. The van der Waals surface area contributed by atoms with E-state index in [0.717, 1.165) is 5.69 Å². The van der Waals surface area contributed by atoms with E-state index in [1.807, 2.05) is 13.0 Å². The van der Waals surface area contributed by atoms with Crippen LogP contribution < -0.4 is 5.32 Å². The second-order valence-corrected chi connectivity index (χ2v) is 9.09. The molecule has 1 unspecified atom stereocenters. The molecular weight excluding hydrogens is 380 g/mol. The van der Waals surface area contributed by atoms with Crippen molar-refractivity contribution >= 4 is 21.4 Å². The van der Waals surface area contributed by atoms with Crippen molar-refractivity contribution in [2.45, 2.75) is 26.3 Å². The summed E-state index contributed by atoms with van der Waals surface area (Å²) in [6, 6.07) is 6.91. The highest BCUT2D eigenvalue weighted by molar-refractivity contribution is 7.91. The number of carbonyl (C=O) groups excluding carboxylic acids is 1. The molecule has 1 aromatic carbocycles. The Morgan fingerprint density at radius 2 is 2.04 bits per heavy atom. The van der Waals surface area contributed by atoms with E-state index in [1.165, 1.54) is 17.3 Å². The van der Waals surface area contributed by atoms with Crippen LogP contribution in [0.3, 0.4) is 0 Å². The number of amides is 1. The molecule has 2 aromatic heterocycles. The molecule has 146 valence electrons. The number of rotatable bonds is 4. The molecule has 1 aliphatic rings. The van der Waals surface area contributed by atoms with Crippen LogP contribution in [0.1, 0.15) is 34.2 Å². The van der Waals surface area contributed by atoms with Crippen LogP contribution in [0, 0.1) is 13.8 Å². The Labute approximate surface area is 162 Å². The zero-order chi connectivity index (χ0) is 19.9. The first kappa shape index (κ1) is 18.4. The fraction of sp³-hybridized carbons (Fsp3) is 0.333. The van der Waals surface area contributed by atoms with Crippen molar-refractivity contribution < 1.29 is 13.2 Å². The highest BCUT2D eigenvalue weighted by Crippen LogP contribution is 2.29. The molecule has 1 fully saturated rings. The first-order chi connectivity index (χ1) is 13.4. The topological polar surface area (TPSA) is 112 Å². The molecular formula is C18H20N6O3S. The zero-order valence-electron chi connectivity index (χ0n) is 15.5. The lowest BCUT2D eigenvalue weighted by molar-refractivity contribution is 0.102. The molecule has 3 aromatic rings. The molecule has 0 radical (unpaired) electrons. The summed E-state index contributed by atoms with van der Waals surface area (Å²) < 4.78 is 26.9. The average Bonchev–Trinajstić information content (AvgIpc) is 3.38. The summed E-state index contributed by atoms with van der Waals surface area (Å²) in [6.07, 6.45) is 3.47. The number of anilines is 1. The lowest BCUT2D eigenvalue weighted by atomic mass is 10.1. The molecule has 3 heterocycles. The third-order valence-electron chi connectivity index (χ3n) is 4.93. The van der Waals surface area contributed by atoms with Gasteiger partial charge in [-0.3, -0.25) is 9.48 Å². The van der Waals surface area contributed by atoms with Gasteiger partial charge >= 0.3 is 0 Å². The van der Waals surface area contributed by atoms with E-state index in [2.05, 4.69) is 20.5 Å². The Hall–Kier alpha value is -3.01. The maximum atomic E-state index is 13.0. The Morgan fingerprint density at radius 3 is 2.71 bits per heavy atom. The number of sulfone groups is 1. The number of para-hydroxylation sites is 1. The van der Waals surface area contributed by atoms with Gasteiger partial charge in [0.15, 0.2) is 9.84 Å². The van der Waals surface area contributed by atoms with Gasteiger partial charge in [0.05, 0.1) is 45.9 Å². The van der Waals surface area contributed by atoms with Gasteiger partial charge in [0.2, 0.25) is 0 Å². The lowest BCUT2D eigenvalue weighted by Crippen LogP contribution is -2.17. The van der Waals surface area contributed by atoms with Crippen molar-refractivity contribution in [1.82, 2.24) is 24.5 Å². The van der Waals surface area contributed by atoms with E-state index in [0.29, 0.717) is 29.1 Å². The SMILES string of the molecule is Cc1nn(C2CCS(=O)(=O)C2)c(C)c1NC(=O)c1ccccc1-n1cncn1. The molecule has 1 atom stereocenters. The number of hydrogen-bond donors (Lipinski definition) is 1. The molecule has 0 aliphatic carbocycles. The predicted molar refractivity (Wildman–Crippen MR) is 103 cm³/mol. The summed E-state index contributed by atoms with van der Waals surface area (Å²) in [5.41, 5.74) is 3.05. The molecule has 1 amide bonds. The van der Waals surface area contributed by atoms with E-state index in [9.17, 15) is 13.2 Å². The van der Waals surface area contributed by atoms with Gasteiger partial charge < -0.3 is 5.32 Å². The van der Waals surface area contributed by atoms with Crippen LogP contribution in [0.15, 0.2) is 36.9 Å². The minimum atomic E-state index is -3.02. The van der Waals surface area contributed by atoms with E-state index in [-0.39, 0.29) is 23.5 Å². The largest absolute Gasteiger partial charge is 0.319 e. The molecule has 28 heavy (non-hydrogen) atoms. The van der Waals surface area contributed by atoms with Crippen LogP contribution in [-0.4, -0.2) is 50.4 Å². The van der Waals surface area contributed by atoms with Crippen molar-refractivity contribution in [2.24, 2.45) is 0 Å². The number of benzene rings is 1. The van der Waals surface area contributed by atoms with Gasteiger partial charge in [-0.1, -0.05) is 12.1 Å². The number of nitrogens with one attached hydrogen (secondary N) is 1. The standard InChI is InChI=1S/C18H20N6O3S/c1-12-17(13(2)24(22-12)14-7-8-28(26,27)9-14)21-18(25)15-5-3-4-6-16(15)23-11-19-10-20-23/h3-6,10-11,14H,7-9H2,1-2H3,(H,21,25). The Bertz CT molecular complexity index is 1130. The summed E-state index contributed by atoms with van der Waals surface area (Å²) in [7, 11) is -3.02. The third-order valence-corrected chi connectivity index (χ3v) is 6.68. The van der Waals surface area contributed by atoms with E-state index in [4.69, 9.17) is 0 Å². The normalized spacial score (nSPS) is 18.3. The molecule has 1 saturated heterocycles. The second-order valence-electron chi connectivity index (χ2n) is 6.86. The lowest BCUT2D eigenvalue weighted by Gasteiger charge is -2.12. The van der Waals surface area contributed by atoms with Crippen LogP contribution >= 0.6 is 0 Å². The Balaban J connectivity index is 1.63. The highest BCUT2D eigenvalue weighted by atomic mass is 32.2. The Kier molecular flexibility index (Phi) is 4.50. The molecule has 10 heteroatoms. The van der Waals surface area contributed by atoms with Gasteiger partial charge in [-0.15, -0.1) is 0 Å². The maximum absolute atomic E-state index is 13.0. The van der Waals surface area contributed by atoms with Crippen molar-refractivity contribution in [3.63, 3.8) is 0 Å². The fourth-order valence-electron chi connectivity index (χ4n) is 3.55. The third kappa shape index (κ3) is 3.31. The summed E-state index contributed by atoms with van der Waals surface area (Å²) >= 11 is 0. The smallest absolute Gasteiger partial charge is 0.257 e. The van der Waals surface area contributed by atoms with Crippen LogP contribution in [0.2, 0.25) is 0 Å². The number of hydrogen-bond acceptors (Lipinski definition) is 6. The van der Waals surface area contributed by atoms with E-state index >= 15 is 0 Å². The zero-order valence-corrected chi connectivity index (χ0v) is 16.3.